The van der Waals surface area contributed by atoms with Crippen LogP contribution in [0.1, 0.15) is 24.5 Å². The van der Waals surface area contributed by atoms with Crippen molar-refractivity contribution in [2.45, 2.75) is 18.1 Å². The van der Waals surface area contributed by atoms with E-state index in [4.69, 9.17) is 5.73 Å². The Kier molecular flexibility index (Phi) is 5.56. The zero-order valence-electron chi connectivity index (χ0n) is 12.2. The summed E-state index contributed by atoms with van der Waals surface area (Å²) in [4.78, 5) is 9.39. The maximum absolute atomic E-state index is 13.4. The number of amidine groups is 1. The van der Waals surface area contributed by atoms with E-state index in [9.17, 15) is 12.8 Å². The fraction of sp³-hybridized carbons (Fsp3) is 0.385. The summed E-state index contributed by atoms with van der Waals surface area (Å²) in [6, 6.07) is 1.34. The van der Waals surface area contributed by atoms with Crippen LogP contribution in [-0.2, 0) is 9.84 Å². The molecule has 0 radical (unpaired) electrons. The van der Waals surface area contributed by atoms with E-state index in [1.54, 1.807) is 19.0 Å². The van der Waals surface area contributed by atoms with Gasteiger partial charge in [0.1, 0.15) is 11.5 Å². The highest BCUT2D eigenvalue weighted by Crippen LogP contribution is 2.23. The Morgan fingerprint density at radius 1 is 1.62 bits per heavy atom. The fourth-order valence-electron chi connectivity index (χ4n) is 1.72. The highest BCUT2D eigenvalue weighted by atomic mass is 32.2. The molecule has 0 saturated heterocycles. The number of halogens is 1. The van der Waals surface area contributed by atoms with Gasteiger partial charge in [-0.3, -0.25) is 10.7 Å². The van der Waals surface area contributed by atoms with Crippen LogP contribution in [0.3, 0.4) is 0 Å². The summed E-state index contributed by atoms with van der Waals surface area (Å²) >= 11 is 0. The molecule has 0 spiro atoms. The molecule has 1 atom stereocenters. The lowest BCUT2D eigenvalue weighted by molar-refractivity contribution is 0.341. The Bertz CT molecular complexity index is 654. The van der Waals surface area contributed by atoms with Crippen molar-refractivity contribution in [3.63, 3.8) is 0 Å². The van der Waals surface area contributed by atoms with Gasteiger partial charge in [-0.05, 0) is 6.07 Å². The van der Waals surface area contributed by atoms with Gasteiger partial charge < -0.3 is 4.90 Å². The minimum atomic E-state index is -3.65. The van der Waals surface area contributed by atoms with Gasteiger partial charge in [0, 0.05) is 32.1 Å². The van der Waals surface area contributed by atoms with Gasteiger partial charge in [-0.1, -0.05) is 13.5 Å². The molecule has 2 N–H and O–H groups in total. The van der Waals surface area contributed by atoms with E-state index in [1.165, 1.54) is 25.4 Å². The highest BCUT2D eigenvalue weighted by Gasteiger charge is 2.23. The molecule has 0 fully saturated rings. The second-order valence-corrected chi connectivity index (χ2v) is 6.69. The molecule has 1 aromatic rings. The standard InChI is InChI=1S/C13H19FN4O2S/c1-5-16-13(18(3)4)9-7-10(21(19,20)6-2)11(12(14)15)17-8-9/h5,7-8,12H,1,6,15H2,2-4H3. The van der Waals surface area contributed by atoms with Crippen LogP contribution < -0.4 is 5.73 Å². The number of aromatic nitrogens is 1. The zero-order valence-corrected chi connectivity index (χ0v) is 13.1. The van der Waals surface area contributed by atoms with Crippen LogP contribution in [0.15, 0.2) is 34.9 Å². The predicted octanol–water partition coefficient (Wildman–Crippen LogP) is 1.25. The van der Waals surface area contributed by atoms with E-state index in [0.29, 0.717) is 11.4 Å². The number of pyridine rings is 1. The second kappa shape index (κ2) is 6.77. The van der Waals surface area contributed by atoms with E-state index < -0.39 is 16.1 Å². The van der Waals surface area contributed by atoms with Crippen molar-refractivity contribution in [3.05, 3.63) is 36.3 Å². The average Bonchev–Trinajstić information content (AvgIpc) is 2.43. The molecule has 0 aliphatic heterocycles. The monoisotopic (exact) mass is 314 g/mol. The third-order valence-electron chi connectivity index (χ3n) is 2.75. The van der Waals surface area contributed by atoms with Crippen molar-refractivity contribution in [2.24, 2.45) is 10.7 Å². The largest absolute Gasteiger partial charge is 0.362 e. The second-order valence-electron chi connectivity index (χ2n) is 4.44. The van der Waals surface area contributed by atoms with Gasteiger partial charge in [-0.25, -0.2) is 17.8 Å². The van der Waals surface area contributed by atoms with Crippen LogP contribution in [0.25, 0.3) is 0 Å². The maximum Gasteiger partial charge on any atom is 0.192 e. The molecule has 0 aromatic carbocycles. The summed E-state index contributed by atoms with van der Waals surface area (Å²) in [6.45, 7) is 4.98. The molecule has 116 valence electrons. The van der Waals surface area contributed by atoms with Gasteiger partial charge in [0.2, 0.25) is 0 Å². The molecule has 0 saturated carbocycles. The SMILES string of the molecule is C=CN=C(c1cnc(C(N)F)c(S(=O)(=O)CC)c1)N(C)C. The minimum absolute atomic E-state index is 0.173. The van der Waals surface area contributed by atoms with Crippen molar-refractivity contribution >= 4 is 15.7 Å². The Labute approximate surface area is 124 Å². The summed E-state index contributed by atoms with van der Waals surface area (Å²) < 4.78 is 37.6. The molecule has 0 aliphatic rings. The first kappa shape index (κ1) is 17.3. The first-order valence-corrected chi connectivity index (χ1v) is 7.88. The number of rotatable bonds is 5. The number of nitrogens with two attached hydrogens (primary N) is 1. The van der Waals surface area contributed by atoms with Gasteiger partial charge in [-0.15, -0.1) is 0 Å². The minimum Gasteiger partial charge on any atom is -0.362 e. The van der Waals surface area contributed by atoms with Crippen LogP contribution in [0.4, 0.5) is 4.39 Å². The third-order valence-corrected chi connectivity index (χ3v) is 4.51. The van der Waals surface area contributed by atoms with Gasteiger partial charge in [-0.2, -0.15) is 0 Å². The fourth-order valence-corrected chi connectivity index (χ4v) is 2.83. The van der Waals surface area contributed by atoms with Gasteiger partial charge in [0.25, 0.3) is 0 Å². The molecule has 6 nitrogen and oxygen atoms in total. The van der Waals surface area contributed by atoms with Crippen molar-refractivity contribution in [1.82, 2.24) is 9.88 Å². The Balaban J connectivity index is 3.58. The average molecular weight is 314 g/mol. The lowest BCUT2D eigenvalue weighted by atomic mass is 10.2. The quantitative estimate of drug-likeness (QED) is 0.502. The summed E-state index contributed by atoms with van der Waals surface area (Å²) in [7, 11) is -0.170. The first-order chi connectivity index (χ1) is 9.74. The first-order valence-electron chi connectivity index (χ1n) is 6.23. The summed E-state index contributed by atoms with van der Waals surface area (Å²) in [5.74, 6) is 0.289. The molecule has 1 unspecified atom stereocenters. The summed E-state index contributed by atoms with van der Waals surface area (Å²) in [6.07, 6.45) is 0.707. The van der Waals surface area contributed by atoms with Crippen LogP contribution in [-0.4, -0.2) is 44.0 Å². The number of hydrogen-bond acceptors (Lipinski definition) is 5. The third kappa shape index (κ3) is 3.85. The van der Waals surface area contributed by atoms with Crippen LogP contribution >= 0.6 is 0 Å². The Morgan fingerprint density at radius 3 is 2.67 bits per heavy atom. The van der Waals surface area contributed by atoms with E-state index in [-0.39, 0.29) is 16.3 Å². The normalized spacial score (nSPS) is 13.9. The molecular formula is C13H19FN4O2S. The van der Waals surface area contributed by atoms with E-state index in [0.717, 1.165) is 0 Å². The highest BCUT2D eigenvalue weighted by molar-refractivity contribution is 7.91. The van der Waals surface area contributed by atoms with Gasteiger partial charge in [0.15, 0.2) is 16.1 Å². The topological polar surface area (TPSA) is 88.6 Å². The molecule has 21 heavy (non-hydrogen) atoms. The van der Waals surface area contributed by atoms with Gasteiger partial charge >= 0.3 is 0 Å². The van der Waals surface area contributed by atoms with Crippen molar-refractivity contribution in [1.29, 1.82) is 0 Å². The molecular weight excluding hydrogens is 295 g/mol. The molecule has 8 heteroatoms. The molecule has 1 aromatic heterocycles. The number of nitrogens with zero attached hydrogens (tertiary/aromatic N) is 3. The van der Waals surface area contributed by atoms with E-state index in [2.05, 4.69) is 16.6 Å². The summed E-state index contributed by atoms with van der Waals surface area (Å²) in [5, 5.41) is 0. The van der Waals surface area contributed by atoms with E-state index >= 15 is 0 Å². The lowest BCUT2D eigenvalue weighted by Gasteiger charge is -2.17. The Morgan fingerprint density at radius 2 is 2.24 bits per heavy atom. The molecule has 0 bridgehead atoms. The number of sulfone groups is 1. The van der Waals surface area contributed by atoms with Gasteiger partial charge in [0.05, 0.1) is 10.6 Å². The number of hydrogen-bond donors (Lipinski definition) is 1. The van der Waals surface area contributed by atoms with Crippen molar-refractivity contribution in [2.75, 3.05) is 19.8 Å². The zero-order chi connectivity index (χ0) is 16.2. The van der Waals surface area contributed by atoms with Crippen molar-refractivity contribution < 1.29 is 12.8 Å². The van der Waals surface area contributed by atoms with Crippen LogP contribution in [0, 0.1) is 0 Å². The number of aliphatic imine (C=N–C) groups is 1. The smallest absolute Gasteiger partial charge is 0.192 e. The number of alkyl halides is 1. The summed E-state index contributed by atoms with van der Waals surface area (Å²) in [5.41, 5.74) is 5.31. The predicted molar refractivity (Wildman–Crippen MR) is 80.4 cm³/mol. The molecule has 1 heterocycles. The van der Waals surface area contributed by atoms with Crippen molar-refractivity contribution in [3.8, 4) is 0 Å². The molecule has 1 rings (SSSR count). The van der Waals surface area contributed by atoms with Crippen LogP contribution in [0.2, 0.25) is 0 Å². The molecule has 0 amide bonds. The Hall–Kier alpha value is -1.80. The maximum atomic E-state index is 13.4. The molecule has 0 aliphatic carbocycles. The van der Waals surface area contributed by atoms with Crippen LogP contribution in [0.5, 0.6) is 0 Å². The lowest BCUT2D eigenvalue weighted by Crippen LogP contribution is -2.24. The van der Waals surface area contributed by atoms with E-state index in [1.807, 2.05) is 0 Å².